The zero-order chi connectivity index (χ0) is 16.5. The van der Waals surface area contributed by atoms with Crippen molar-refractivity contribution in [2.75, 3.05) is 6.54 Å². The first-order chi connectivity index (χ1) is 11.2. The highest BCUT2D eigenvalue weighted by Gasteiger charge is 2.10. The van der Waals surface area contributed by atoms with Gasteiger partial charge in [0.15, 0.2) is 5.96 Å². The Hall–Kier alpha value is -1.09. The third-order valence-corrected chi connectivity index (χ3v) is 4.77. The van der Waals surface area contributed by atoms with Crippen LogP contribution in [0.1, 0.15) is 36.8 Å². The lowest BCUT2D eigenvalue weighted by atomic mass is 10.2. The summed E-state index contributed by atoms with van der Waals surface area (Å²) in [5.41, 5.74) is 9.31. The Morgan fingerprint density at radius 2 is 2.08 bits per heavy atom. The summed E-state index contributed by atoms with van der Waals surface area (Å²) < 4.78 is 0. The van der Waals surface area contributed by atoms with E-state index in [4.69, 9.17) is 5.73 Å². The highest BCUT2D eigenvalue weighted by molar-refractivity contribution is 7.99. The van der Waals surface area contributed by atoms with Crippen molar-refractivity contribution in [2.24, 2.45) is 10.7 Å². The number of aromatic amines is 2. The Labute approximate surface area is 177 Å². The first kappa shape index (κ1) is 27.1. The molecule has 26 heavy (non-hydrogen) atoms. The molecule has 5 N–H and O–H groups in total. The molecule has 0 fully saturated rings. The fourth-order valence-electron chi connectivity index (χ4n) is 2.07. The maximum absolute atomic E-state index is 5.97. The molecule has 0 radical (unpaired) electrons. The lowest BCUT2D eigenvalue weighted by molar-refractivity contribution is 0.758. The van der Waals surface area contributed by atoms with E-state index in [1.54, 1.807) is 24.4 Å². The molecule has 2 aromatic heterocycles. The van der Waals surface area contributed by atoms with Crippen molar-refractivity contribution < 1.29 is 0 Å². The van der Waals surface area contributed by atoms with Crippen LogP contribution in [-0.4, -0.2) is 37.8 Å². The van der Waals surface area contributed by atoms with Gasteiger partial charge in [-0.3, -0.25) is 4.99 Å². The van der Waals surface area contributed by atoms with Gasteiger partial charge in [-0.1, -0.05) is 6.92 Å². The molecule has 11 heteroatoms. The van der Waals surface area contributed by atoms with Crippen LogP contribution in [0.2, 0.25) is 0 Å². The first-order valence-electron chi connectivity index (χ1n) is 7.83. The average molecular weight is 445 g/mol. The number of thioether (sulfide) groups is 1. The van der Waals surface area contributed by atoms with Crippen LogP contribution in [0.3, 0.4) is 0 Å². The Morgan fingerprint density at radius 1 is 1.31 bits per heavy atom. The maximum atomic E-state index is 5.97. The summed E-state index contributed by atoms with van der Waals surface area (Å²) in [6.07, 6.45) is 8.11. The van der Waals surface area contributed by atoms with E-state index in [0.717, 1.165) is 42.1 Å². The molecule has 1 unspecified atom stereocenters. The molecule has 0 amide bonds. The van der Waals surface area contributed by atoms with Crippen molar-refractivity contribution in [1.82, 2.24) is 25.3 Å². The fraction of sp³-hybridized carbons (Fsp3) is 0.533. The quantitative estimate of drug-likeness (QED) is 0.205. The molecule has 1 atom stereocenters. The van der Waals surface area contributed by atoms with E-state index < -0.39 is 0 Å². The van der Waals surface area contributed by atoms with Gasteiger partial charge in [-0.15, -0.1) is 49.0 Å². The number of nitrogens with zero attached hydrogens (tertiary/aromatic N) is 3. The normalized spacial score (nSPS) is 11.7. The van der Waals surface area contributed by atoms with Crippen LogP contribution in [-0.2, 0) is 12.2 Å². The summed E-state index contributed by atoms with van der Waals surface area (Å²) in [6.45, 7) is 4.87. The summed E-state index contributed by atoms with van der Waals surface area (Å²) in [7, 11) is 0. The smallest absolute Gasteiger partial charge is 0.189 e. The molecule has 0 aromatic carbocycles. The van der Waals surface area contributed by atoms with Gasteiger partial charge in [0.05, 0.1) is 23.7 Å². The number of aromatic nitrogens is 4. The van der Waals surface area contributed by atoms with E-state index in [1.807, 2.05) is 13.1 Å². The number of nitrogens with one attached hydrogen (secondary N) is 3. The molecule has 0 spiro atoms. The zero-order valence-corrected chi connectivity index (χ0v) is 18.2. The van der Waals surface area contributed by atoms with Gasteiger partial charge in [0, 0.05) is 29.9 Å². The minimum Gasteiger partial charge on any atom is -0.370 e. The topological polar surface area (TPSA) is 108 Å². The number of nitrogens with two attached hydrogens (primary N) is 1. The third kappa shape index (κ3) is 9.56. The van der Waals surface area contributed by atoms with Crippen molar-refractivity contribution in [3.05, 3.63) is 35.9 Å². The molecule has 2 aromatic rings. The van der Waals surface area contributed by atoms with E-state index in [-0.39, 0.29) is 42.6 Å². The molecule has 2 rings (SSSR count). The van der Waals surface area contributed by atoms with Gasteiger partial charge in [0.25, 0.3) is 0 Å². The number of hydrogen-bond donors (Lipinski definition) is 4. The molecule has 150 valence electrons. The molecule has 0 saturated heterocycles. The Bertz CT molecular complexity index is 604. The van der Waals surface area contributed by atoms with E-state index in [1.165, 1.54) is 0 Å². The maximum Gasteiger partial charge on any atom is 0.189 e. The summed E-state index contributed by atoms with van der Waals surface area (Å²) in [6, 6.07) is 0. The first-order valence-corrected chi connectivity index (χ1v) is 8.88. The van der Waals surface area contributed by atoms with Gasteiger partial charge >= 0.3 is 0 Å². The van der Waals surface area contributed by atoms with Crippen LogP contribution in [0.15, 0.2) is 23.8 Å². The van der Waals surface area contributed by atoms with Crippen molar-refractivity contribution in [2.45, 2.75) is 44.2 Å². The minimum atomic E-state index is 0. The summed E-state index contributed by atoms with van der Waals surface area (Å²) >= 11 is 1.79. The summed E-state index contributed by atoms with van der Waals surface area (Å²) in [5.74, 6) is 1.36. The predicted octanol–water partition coefficient (Wildman–Crippen LogP) is 3.21. The number of H-pyrrole nitrogens is 2. The number of aliphatic imine (C=N–C) groups is 1. The Kier molecular flexibility index (Phi) is 15.7. The molecule has 7 nitrogen and oxygen atoms in total. The van der Waals surface area contributed by atoms with Gasteiger partial charge < -0.3 is 21.0 Å². The second-order valence-electron chi connectivity index (χ2n) is 5.27. The van der Waals surface area contributed by atoms with Crippen LogP contribution in [0.25, 0.3) is 0 Å². The number of guanidine groups is 1. The van der Waals surface area contributed by atoms with Crippen molar-refractivity contribution >= 4 is 54.9 Å². The third-order valence-electron chi connectivity index (χ3n) is 3.48. The standard InChI is InChI=1S/C15H25N7S.3ClH/c1-3-14(23-8-13-11(2)19-10-21-13)22-15(16)18-6-4-5-12-7-17-9-20-12;;;/h7,9-10,14H,3-6,8H2,1-2H3,(H,17,20)(H,19,21)(H3,16,18,22);3*1H. The van der Waals surface area contributed by atoms with Crippen molar-refractivity contribution in [1.29, 1.82) is 0 Å². The lowest BCUT2D eigenvalue weighted by Gasteiger charge is -2.16. The van der Waals surface area contributed by atoms with Gasteiger partial charge in [-0.05, 0) is 26.2 Å². The molecule has 0 aliphatic carbocycles. The number of imidazole rings is 2. The molecule has 2 heterocycles. The van der Waals surface area contributed by atoms with Gasteiger partial charge in [-0.25, -0.2) is 9.97 Å². The Balaban J connectivity index is 0. The second kappa shape index (κ2) is 15.0. The number of halogens is 3. The molecule has 0 bridgehead atoms. The van der Waals surface area contributed by atoms with Crippen LogP contribution < -0.4 is 11.1 Å². The van der Waals surface area contributed by atoms with E-state index in [2.05, 4.69) is 37.2 Å². The van der Waals surface area contributed by atoms with E-state index in [9.17, 15) is 0 Å². The predicted molar refractivity (Wildman–Crippen MR) is 117 cm³/mol. The van der Waals surface area contributed by atoms with Crippen LogP contribution >= 0.6 is 49.0 Å². The minimum absolute atomic E-state index is 0. The van der Waals surface area contributed by atoms with Crippen LogP contribution in [0, 0.1) is 6.92 Å². The lowest BCUT2D eigenvalue weighted by Crippen LogP contribution is -2.38. The number of hydrogen-bond acceptors (Lipinski definition) is 4. The zero-order valence-electron chi connectivity index (χ0n) is 14.9. The number of rotatable bonds is 9. The summed E-state index contributed by atoms with van der Waals surface area (Å²) in [4.78, 5) is 18.9. The monoisotopic (exact) mass is 443 g/mol. The van der Waals surface area contributed by atoms with Crippen LogP contribution in [0.5, 0.6) is 0 Å². The molecule has 0 aliphatic rings. The highest BCUT2D eigenvalue weighted by atomic mass is 35.5. The van der Waals surface area contributed by atoms with Gasteiger partial charge in [-0.2, -0.15) is 0 Å². The van der Waals surface area contributed by atoms with Gasteiger partial charge in [0.2, 0.25) is 0 Å². The molecule has 0 saturated carbocycles. The second-order valence-corrected chi connectivity index (χ2v) is 6.46. The van der Waals surface area contributed by atoms with E-state index in [0.29, 0.717) is 12.5 Å². The van der Waals surface area contributed by atoms with Crippen molar-refractivity contribution in [3.8, 4) is 0 Å². The van der Waals surface area contributed by atoms with Crippen molar-refractivity contribution in [3.63, 3.8) is 0 Å². The fourth-order valence-corrected chi connectivity index (χ4v) is 3.16. The SMILES string of the molecule is CCC(NC(N)=NCCCc1cnc[nH]1)SCc1nc[nH]c1C.Cl.Cl.Cl. The number of aryl methyl sites for hydroxylation is 2. The van der Waals surface area contributed by atoms with Gasteiger partial charge in [0.1, 0.15) is 0 Å². The average Bonchev–Trinajstić information content (AvgIpc) is 3.20. The molecular weight excluding hydrogens is 417 g/mol. The molecular formula is C15H28Cl3N7S. The highest BCUT2D eigenvalue weighted by Crippen LogP contribution is 2.18. The van der Waals surface area contributed by atoms with E-state index >= 15 is 0 Å². The Morgan fingerprint density at radius 3 is 2.65 bits per heavy atom. The largest absolute Gasteiger partial charge is 0.370 e. The van der Waals surface area contributed by atoms with Crippen LogP contribution in [0.4, 0.5) is 0 Å². The molecule has 0 aliphatic heterocycles. The summed E-state index contributed by atoms with van der Waals surface area (Å²) in [5, 5.41) is 3.51.